The molecule has 516 valence electrons. The number of hydrogen-bond donors (Lipinski definition) is 1. The fourth-order valence-electron chi connectivity index (χ4n) is 12.1. The molecule has 0 spiro atoms. The van der Waals surface area contributed by atoms with Gasteiger partial charge in [-0.15, -0.1) is 0 Å². The van der Waals surface area contributed by atoms with Crippen LogP contribution in [0.2, 0.25) is 0 Å². The molecule has 0 rings (SSSR count). The minimum Gasteiger partial charge on any atom is -0.477 e. The normalized spacial score (nSPS) is 12.6. The molecule has 0 aromatic rings. The van der Waals surface area contributed by atoms with Crippen molar-refractivity contribution >= 4 is 17.9 Å². The van der Waals surface area contributed by atoms with E-state index in [-0.39, 0.29) is 38.2 Å². The fraction of sp³-hybridized carbons (Fsp3) is 0.936. The molecule has 0 amide bonds. The first-order valence-corrected chi connectivity index (χ1v) is 38.9. The number of esters is 2. The Balaban J connectivity index is 3.88. The van der Waals surface area contributed by atoms with Crippen LogP contribution >= 0.6 is 0 Å². The minimum absolute atomic E-state index is 0.175. The van der Waals surface area contributed by atoms with E-state index in [2.05, 4.69) is 26.0 Å². The van der Waals surface area contributed by atoms with Crippen molar-refractivity contribution in [3.05, 3.63) is 12.2 Å². The molecule has 0 bridgehead atoms. The molecule has 2 atom stereocenters. The van der Waals surface area contributed by atoms with Crippen molar-refractivity contribution in [3.63, 3.8) is 0 Å². The van der Waals surface area contributed by atoms with E-state index in [1.54, 1.807) is 0 Å². The summed E-state index contributed by atoms with van der Waals surface area (Å²) in [6.07, 6.45) is 83.8. The SMILES string of the molecule is CCCCCCCCCC/C=C\CCCCCCCCCCCC(=O)OC(COC(=O)CCCCCCCCCCCCCCCCCCCCCCCCCCCCCCCCCCCCCCCCCCC)COC(OCC[N+](C)(C)C)C(=O)O. The highest BCUT2D eigenvalue weighted by atomic mass is 16.7. The number of quaternary nitrogens is 1. The van der Waals surface area contributed by atoms with Gasteiger partial charge in [-0.3, -0.25) is 9.59 Å². The van der Waals surface area contributed by atoms with Gasteiger partial charge in [-0.2, -0.15) is 0 Å². The first-order valence-electron chi connectivity index (χ1n) is 38.9. The zero-order valence-corrected chi connectivity index (χ0v) is 59.2. The van der Waals surface area contributed by atoms with Gasteiger partial charge in [-0.05, 0) is 38.5 Å². The number of unbranched alkanes of at least 4 members (excludes halogenated alkanes) is 57. The van der Waals surface area contributed by atoms with Gasteiger partial charge in [-0.1, -0.05) is 373 Å². The first kappa shape index (κ1) is 85.0. The quantitative estimate of drug-likeness (QED) is 0.0211. The molecule has 1 N–H and O–H groups in total. The predicted octanol–water partition coefficient (Wildman–Crippen LogP) is 24.4. The Morgan fingerprint density at radius 3 is 0.851 bits per heavy atom. The zero-order chi connectivity index (χ0) is 63.3. The number of carbonyl (C=O) groups excluding carboxylic acids is 2. The van der Waals surface area contributed by atoms with E-state index >= 15 is 0 Å². The second-order valence-electron chi connectivity index (χ2n) is 28.0. The summed E-state index contributed by atoms with van der Waals surface area (Å²) >= 11 is 0. The van der Waals surface area contributed by atoms with Gasteiger partial charge in [0.15, 0.2) is 6.10 Å². The predicted molar refractivity (Wildman–Crippen MR) is 374 cm³/mol. The Kier molecular flexibility index (Phi) is 68.3. The summed E-state index contributed by atoms with van der Waals surface area (Å²) in [5.41, 5.74) is 0. The highest BCUT2D eigenvalue weighted by molar-refractivity contribution is 5.71. The summed E-state index contributed by atoms with van der Waals surface area (Å²) in [5, 5.41) is 9.75. The van der Waals surface area contributed by atoms with Gasteiger partial charge in [-0.25, -0.2) is 4.79 Å². The van der Waals surface area contributed by atoms with Crippen LogP contribution in [0.25, 0.3) is 0 Å². The van der Waals surface area contributed by atoms with E-state index in [1.165, 1.54) is 347 Å². The average Bonchev–Trinajstić information content (AvgIpc) is 3.57. The summed E-state index contributed by atoms with van der Waals surface area (Å²) in [6, 6.07) is 0. The molecule has 0 aliphatic rings. The third-order valence-electron chi connectivity index (χ3n) is 18.0. The van der Waals surface area contributed by atoms with E-state index in [0.717, 1.165) is 38.5 Å². The molecule has 0 aliphatic heterocycles. The largest absolute Gasteiger partial charge is 0.477 e. The number of nitrogens with zero attached hydrogens (tertiary/aromatic N) is 1. The lowest BCUT2D eigenvalue weighted by Gasteiger charge is -2.25. The summed E-state index contributed by atoms with van der Waals surface area (Å²) in [6.45, 7) is 4.96. The number of carbonyl (C=O) groups is 3. The number of carboxylic acid groups (broad SMARTS) is 1. The molecule has 0 fully saturated rings. The van der Waals surface area contributed by atoms with Crippen LogP contribution in [-0.2, 0) is 33.3 Å². The van der Waals surface area contributed by atoms with Gasteiger partial charge in [0.05, 0.1) is 34.4 Å². The van der Waals surface area contributed by atoms with Crippen molar-refractivity contribution in [2.75, 3.05) is 47.5 Å². The maximum Gasteiger partial charge on any atom is 0.361 e. The molecule has 0 saturated carbocycles. The molecular weight excluding hydrogens is 1080 g/mol. The Hall–Kier alpha value is -1.97. The average molecular weight is 1230 g/mol. The van der Waals surface area contributed by atoms with Crippen LogP contribution in [0.4, 0.5) is 0 Å². The second-order valence-corrected chi connectivity index (χ2v) is 28.0. The van der Waals surface area contributed by atoms with Crippen LogP contribution in [0.3, 0.4) is 0 Å². The highest BCUT2D eigenvalue weighted by Crippen LogP contribution is 2.20. The summed E-state index contributed by atoms with van der Waals surface area (Å²) in [7, 11) is 5.99. The number of carboxylic acids is 1. The van der Waals surface area contributed by atoms with E-state index in [9.17, 15) is 19.5 Å². The van der Waals surface area contributed by atoms with Crippen LogP contribution in [0, 0.1) is 0 Å². The van der Waals surface area contributed by atoms with Gasteiger partial charge >= 0.3 is 17.9 Å². The minimum atomic E-state index is -1.51. The zero-order valence-electron chi connectivity index (χ0n) is 59.2. The molecule has 0 aliphatic carbocycles. The van der Waals surface area contributed by atoms with E-state index in [1.807, 2.05) is 21.1 Å². The fourth-order valence-corrected chi connectivity index (χ4v) is 12.1. The molecular formula is C78H152NO8+. The summed E-state index contributed by atoms with van der Waals surface area (Å²) in [5.74, 6) is -1.97. The summed E-state index contributed by atoms with van der Waals surface area (Å²) in [4.78, 5) is 37.6. The molecule has 87 heavy (non-hydrogen) atoms. The van der Waals surface area contributed by atoms with Crippen molar-refractivity contribution in [1.82, 2.24) is 0 Å². The number of ether oxygens (including phenoxy) is 4. The van der Waals surface area contributed by atoms with E-state index in [0.29, 0.717) is 17.4 Å². The maximum absolute atomic E-state index is 12.9. The third-order valence-corrected chi connectivity index (χ3v) is 18.0. The molecule has 0 saturated heterocycles. The molecule has 2 unspecified atom stereocenters. The van der Waals surface area contributed by atoms with Crippen LogP contribution in [-0.4, -0.2) is 87.4 Å². The van der Waals surface area contributed by atoms with Crippen molar-refractivity contribution in [1.29, 1.82) is 0 Å². The smallest absolute Gasteiger partial charge is 0.361 e. The van der Waals surface area contributed by atoms with Gasteiger partial charge < -0.3 is 28.5 Å². The Morgan fingerprint density at radius 1 is 0.333 bits per heavy atom. The molecule has 0 aromatic carbocycles. The van der Waals surface area contributed by atoms with Crippen molar-refractivity contribution in [2.45, 2.75) is 424 Å². The first-order chi connectivity index (χ1) is 42.6. The van der Waals surface area contributed by atoms with Crippen LogP contribution in [0.5, 0.6) is 0 Å². The van der Waals surface area contributed by atoms with Crippen LogP contribution in [0.1, 0.15) is 412 Å². The van der Waals surface area contributed by atoms with Gasteiger partial charge in [0.2, 0.25) is 0 Å². The standard InChI is InChI=1S/C78H151NO8/c1-6-8-10-12-14-16-18-20-22-24-26-28-29-30-31-32-33-34-35-36-37-38-39-40-41-42-43-44-45-46-47-49-50-52-54-56-58-60-62-64-66-68-75(80)85-72-74(73-86-78(77(82)83)84-71-70-79(3,4)5)87-76(81)69-67-65-63-61-59-57-55-53-51-48-27-25-23-21-19-17-15-13-11-9-7-2/h25,27,74,78H,6-24,26,28-73H2,1-5H3/p+1/b27-25-. The lowest BCUT2D eigenvalue weighted by molar-refractivity contribution is -0.870. The van der Waals surface area contributed by atoms with Gasteiger partial charge in [0, 0.05) is 12.8 Å². The monoisotopic (exact) mass is 1230 g/mol. The molecule has 0 radical (unpaired) electrons. The van der Waals surface area contributed by atoms with E-state index < -0.39 is 18.4 Å². The van der Waals surface area contributed by atoms with Gasteiger partial charge in [0.25, 0.3) is 6.29 Å². The number of aliphatic carboxylic acids is 1. The second kappa shape index (κ2) is 69.9. The number of likely N-dealkylation sites (N-methyl/N-ethyl adjacent to an activating group) is 1. The highest BCUT2D eigenvalue weighted by Gasteiger charge is 2.25. The lowest BCUT2D eigenvalue weighted by Crippen LogP contribution is -2.40. The molecule has 0 heterocycles. The number of allylic oxidation sites excluding steroid dienone is 2. The topological polar surface area (TPSA) is 108 Å². The molecule has 9 heteroatoms. The molecule has 0 aromatic heterocycles. The van der Waals surface area contributed by atoms with E-state index in [4.69, 9.17) is 18.9 Å². The van der Waals surface area contributed by atoms with Crippen molar-refractivity contribution < 1.29 is 42.9 Å². The maximum atomic E-state index is 12.9. The Morgan fingerprint density at radius 2 is 0.586 bits per heavy atom. The Bertz CT molecular complexity index is 1430. The third kappa shape index (κ3) is 71.3. The van der Waals surface area contributed by atoms with Gasteiger partial charge in [0.1, 0.15) is 13.2 Å². The molecule has 9 nitrogen and oxygen atoms in total. The number of rotatable bonds is 74. The number of hydrogen-bond acceptors (Lipinski definition) is 7. The van der Waals surface area contributed by atoms with Crippen molar-refractivity contribution in [3.8, 4) is 0 Å². The van der Waals surface area contributed by atoms with Crippen molar-refractivity contribution in [2.24, 2.45) is 0 Å². The van der Waals surface area contributed by atoms with Crippen LogP contribution in [0.15, 0.2) is 12.2 Å². The van der Waals surface area contributed by atoms with Crippen LogP contribution < -0.4 is 0 Å². The Labute approximate surface area is 542 Å². The summed E-state index contributed by atoms with van der Waals surface area (Å²) < 4.78 is 23.0. The lowest BCUT2D eigenvalue weighted by atomic mass is 10.0.